The molecule has 0 aliphatic carbocycles. The monoisotopic (exact) mass is 278 g/mol. The normalized spacial score (nSPS) is 11.8. The zero-order valence-electron chi connectivity index (χ0n) is 10.8. The van der Waals surface area contributed by atoms with E-state index in [0.29, 0.717) is 5.56 Å². The average Bonchev–Trinajstić information content (AvgIpc) is 2.40. The average molecular weight is 278 g/mol. The van der Waals surface area contributed by atoms with E-state index in [0.717, 1.165) is 11.8 Å². The minimum atomic E-state index is -4.35. The molecular formula is C15H13F3N2. The van der Waals surface area contributed by atoms with E-state index in [9.17, 15) is 13.2 Å². The van der Waals surface area contributed by atoms with Crippen molar-refractivity contribution in [2.45, 2.75) is 13.1 Å². The van der Waals surface area contributed by atoms with Crippen LogP contribution < -0.4 is 5.43 Å². The number of rotatable bonds is 3. The van der Waals surface area contributed by atoms with Crippen molar-refractivity contribution in [3.63, 3.8) is 0 Å². The number of halogens is 3. The van der Waals surface area contributed by atoms with Gasteiger partial charge in [0.2, 0.25) is 0 Å². The van der Waals surface area contributed by atoms with Crippen molar-refractivity contribution < 1.29 is 13.2 Å². The number of para-hydroxylation sites is 1. The summed E-state index contributed by atoms with van der Waals surface area (Å²) in [6.45, 7) is 1.44. The number of hydrogen-bond acceptors (Lipinski definition) is 2. The molecule has 0 saturated heterocycles. The van der Waals surface area contributed by atoms with Gasteiger partial charge in [-0.1, -0.05) is 30.3 Å². The molecule has 2 aromatic rings. The maximum atomic E-state index is 12.8. The van der Waals surface area contributed by atoms with E-state index >= 15 is 0 Å². The van der Waals surface area contributed by atoms with Gasteiger partial charge in [-0.3, -0.25) is 5.43 Å². The molecular weight excluding hydrogens is 265 g/mol. The lowest BCUT2D eigenvalue weighted by Gasteiger charge is -2.10. The van der Waals surface area contributed by atoms with Crippen molar-refractivity contribution >= 4 is 11.9 Å². The zero-order chi connectivity index (χ0) is 14.6. The quantitative estimate of drug-likeness (QED) is 0.650. The second-order valence-corrected chi connectivity index (χ2v) is 4.31. The Morgan fingerprint density at radius 3 is 2.40 bits per heavy atom. The van der Waals surface area contributed by atoms with Crippen LogP contribution in [0.25, 0.3) is 0 Å². The van der Waals surface area contributed by atoms with Crippen molar-refractivity contribution in [3.05, 3.63) is 65.2 Å². The fourth-order valence-electron chi connectivity index (χ4n) is 1.72. The molecule has 0 amide bonds. The molecule has 0 saturated carbocycles. The highest BCUT2D eigenvalue weighted by Gasteiger charge is 2.32. The van der Waals surface area contributed by atoms with Crippen LogP contribution in [0, 0.1) is 6.92 Å². The number of anilines is 1. The summed E-state index contributed by atoms with van der Waals surface area (Å²) in [6, 6.07) is 13.3. The molecule has 0 aromatic heterocycles. The van der Waals surface area contributed by atoms with Gasteiger partial charge in [0, 0.05) is 0 Å². The molecule has 0 atom stereocenters. The molecule has 0 fully saturated rings. The topological polar surface area (TPSA) is 24.4 Å². The van der Waals surface area contributed by atoms with E-state index in [1.165, 1.54) is 19.2 Å². The van der Waals surface area contributed by atoms with Crippen LogP contribution in [0.4, 0.5) is 18.9 Å². The van der Waals surface area contributed by atoms with Crippen molar-refractivity contribution in [1.82, 2.24) is 0 Å². The first-order valence-corrected chi connectivity index (χ1v) is 5.99. The number of hydrazone groups is 1. The molecule has 104 valence electrons. The fraction of sp³-hybridized carbons (Fsp3) is 0.133. The summed E-state index contributed by atoms with van der Waals surface area (Å²) >= 11 is 0. The summed E-state index contributed by atoms with van der Waals surface area (Å²) in [6.07, 6.45) is -2.98. The molecule has 0 radical (unpaired) electrons. The molecule has 2 aromatic carbocycles. The van der Waals surface area contributed by atoms with E-state index in [1.54, 1.807) is 6.07 Å². The highest BCUT2D eigenvalue weighted by molar-refractivity contribution is 5.80. The van der Waals surface area contributed by atoms with Gasteiger partial charge < -0.3 is 0 Å². The Bertz CT molecular complexity index is 604. The maximum Gasteiger partial charge on any atom is 0.416 e. The summed E-state index contributed by atoms with van der Waals surface area (Å²) in [5.41, 5.74) is 3.48. The second-order valence-electron chi connectivity index (χ2n) is 4.31. The predicted octanol–water partition coefficient (Wildman–Crippen LogP) is 4.46. The summed E-state index contributed by atoms with van der Waals surface area (Å²) in [4.78, 5) is 0. The molecule has 2 rings (SSSR count). The van der Waals surface area contributed by atoms with Crippen LogP contribution in [0.1, 0.15) is 16.7 Å². The number of aryl methyl sites for hydroxylation is 1. The van der Waals surface area contributed by atoms with E-state index in [-0.39, 0.29) is 5.56 Å². The minimum Gasteiger partial charge on any atom is -0.279 e. The van der Waals surface area contributed by atoms with Gasteiger partial charge in [-0.25, -0.2) is 0 Å². The minimum absolute atomic E-state index is 0.200. The van der Waals surface area contributed by atoms with Crippen LogP contribution in [0.15, 0.2) is 53.6 Å². The van der Waals surface area contributed by atoms with Crippen molar-refractivity contribution in [2.24, 2.45) is 5.10 Å². The molecule has 1 N–H and O–H groups in total. The number of benzene rings is 2. The molecule has 20 heavy (non-hydrogen) atoms. The van der Waals surface area contributed by atoms with E-state index in [2.05, 4.69) is 10.5 Å². The molecule has 0 spiro atoms. The van der Waals surface area contributed by atoms with Gasteiger partial charge in [-0.15, -0.1) is 0 Å². The molecule has 2 nitrogen and oxygen atoms in total. The highest BCUT2D eigenvalue weighted by atomic mass is 19.4. The second kappa shape index (κ2) is 5.77. The molecule has 0 heterocycles. The largest absolute Gasteiger partial charge is 0.416 e. The van der Waals surface area contributed by atoms with Crippen molar-refractivity contribution in [3.8, 4) is 0 Å². The van der Waals surface area contributed by atoms with Crippen LogP contribution in [0.5, 0.6) is 0 Å². The summed E-state index contributed by atoms with van der Waals surface area (Å²) in [5.74, 6) is 0. The SMILES string of the molecule is Cc1ccc(C=NNc2ccccc2)cc1C(F)(F)F. The van der Waals surface area contributed by atoms with Crippen LogP contribution in [-0.4, -0.2) is 6.21 Å². The van der Waals surface area contributed by atoms with E-state index < -0.39 is 11.7 Å². The van der Waals surface area contributed by atoms with Gasteiger partial charge in [0.15, 0.2) is 0 Å². The third-order valence-electron chi connectivity index (χ3n) is 2.75. The molecule has 0 aliphatic heterocycles. The van der Waals surface area contributed by atoms with E-state index in [4.69, 9.17) is 0 Å². The fourth-order valence-corrected chi connectivity index (χ4v) is 1.72. The molecule has 0 bridgehead atoms. The van der Waals surface area contributed by atoms with Gasteiger partial charge in [0.25, 0.3) is 0 Å². The Balaban J connectivity index is 2.14. The lowest BCUT2D eigenvalue weighted by atomic mass is 10.1. The number of hydrogen-bond donors (Lipinski definition) is 1. The smallest absolute Gasteiger partial charge is 0.279 e. The van der Waals surface area contributed by atoms with E-state index in [1.807, 2.05) is 30.3 Å². The molecule has 0 unspecified atom stereocenters. The molecule has 0 aliphatic rings. The third kappa shape index (κ3) is 3.60. The Morgan fingerprint density at radius 1 is 1.05 bits per heavy atom. The van der Waals surface area contributed by atoms with Crippen LogP contribution >= 0.6 is 0 Å². The number of nitrogens with one attached hydrogen (secondary N) is 1. The Hall–Kier alpha value is -2.30. The zero-order valence-corrected chi connectivity index (χ0v) is 10.8. The molecule has 5 heteroatoms. The van der Waals surface area contributed by atoms with Gasteiger partial charge in [-0.2, -0.15) is 18.3 Å². The summed E-state index contributed by atoms with van der Waals surface area (Å²) < 4.78 is 38.3. The van der Waals surface area contributed by atoms with Gasteiger partial charge in [-0.05, 0) is 36.2 Å². The number of nitrogens with zero attached hydrogens (tertiary/aromatic N) is 1. The first kappa shape index (κ1) is 14.1. The van der Waals surface area contributed by atoms with Crippen LogP contribution in [0.3, 0.4) is 0 Å². The van der Waals surface area contributed by atoms with Gasteiger partial charge in [0.1, 0.15) is 0 Å². The standard InChI is InChI=1S/C15H13F3N2/c1-11-7-8-12(9-14(11)15(16,17)18)10-19-20-13-5-3-2-4-6-13/h2-10,20H,1H3. The summed E-state index contributed by atoms with van der Waals surface area (Å²) in [5, 5.41) is 3.92. The highest BCUT2D eigenvalue weighted by Crippen LogP contribution is 2.32. The van der Waals surface area contributed by atoms with Crippen LogP contribution in [0.2, 0.25) is 0 Å². The van der Waals surface area contributed by atoms with Gasteiger partial charge in [0.05, 0.1) is 17.5 Å². The summed E-state index contributed by atoms with van der Waals surface area (Å²) in [7, 11) is 0. The first-order valence-electron chi connectivity index (χ1n) is 5.99. The first-order chi connectivity index (χ1) is 9.47. The van der Waals surface area contributed by atoms with Crippen molar-refractivity contribution in [1.29, 1.82) is 0 Å². The Morgan fingerprint density at radius 2 is 1.75 bits per heavy atom. The lowest BCUT2D eigenvalue weighted by Crippen LogP contribution is -2.08. The number of alkyl halides is 3. The Kier molecular flexibility index (Phi) is 4.08. The van der Waals surface area contributed by atoms with Crippen molar-refractivity contribution in [2.75, 3.05) is 5.43 Å². The third-order valence-corrected chi connectivity index (χ3v) is 2.75. The van der Waals surface area contributed by atoms with Crippen LogP contribution in [-0.2, 0) is 6.18 Å². The Labute approximate surface area is 114 Å². The lowest BCUT2D eigenvalue weighted by molar-refractivity contribution is -0.138. The maximum absolute atomic E-state index is 12.8. The van der Waals surface area contributed by atoms with Gasteiger partial charge >= 0.3 is 6.18 Å². The predicted molar refractivity (Wildman–Crippen MR) is 73.8 cm³/mol.